The summed E-state index contributed by atoms with van der Waals surface area (Å²) in [4.78, 5) is 10.9. The molecule has 90 valence electrons. The normalized spacial score (nSPS) is 13.1. The lowest BCUT2D eigenvalue weighted by molar-refractivity contribution is -0.141. The van der Waals surface area contributed by atoms with Crippen molar-refractivity contribution in [2.75, 3.05) is 0 Å². The van der Waals surface area contributed by atoms with Crippen molar-refractivity contribution in [1.29, 1.82) is 0 Å². The van der Waals surface area contributed by atoms with E-state index in [9.17, 15) is 13.6 Å². The predicted molar refractivity (Wildman–Crippen MR) is 53.9 cm³/mol. The fourth-order valence-electron chi connectivity index (χ4n) is 1.43. The molecule has 0 unspecified atom stereocenters. The number of rotatable bonds is 4. The van der Waals surface area contributed by atoms with Gasteiger partial charge in [0.15, 0.2) is 0 Å². The number of carboxylic acid groups (broad SMARTS) is 1. The molecular formula is C9H11ClF2N2O2. The minimum Gasteiger partial charge on any atom is -0.480 e. The summed E-state index contributed by atoms with van der Waals surface area (Å²) in [6, 6.07) is -1.12. The molecule has 0 fully saturated rings. The van der Waals surface area contributed by atoms with Crippen molar-refractivity contribution in [3.63, 3.8) is 0 Å². The number of carbonyl (C=O) groups is 1. The van der Waals surface area contributed by atoms with Crippen molar-refractivity contribution in [2.24, 2.45) is 0 Å². The Balaban J connectivity index is 3.32. The van der Waals surface area contributed by atoms with Crippen LogP contribution in [-0.4, -0.2) is 20.9 Å². The van der Waals surface area contributed by atoms with E-state index < -0.39 is 24.1 Å². The first-order valence-corrected chi connectivity index (χ1v) is 5.03. The van der Waals surface area contributed by atoms with E-state index in [-0.39, 0.29) is 17.1 Å². The van der Waals surface area contributed by atoms with Gasteiger partial charge in [0, 0.05) is 0 Å². The molecule has 0 aliphatic heterocycles. The molecular weight excluding hydrogens is 242 g/mol. The maximum absolute atomic E-state index is 12.7. The number of aromatic nitrogens is 2. The summed E-state index contributed by atoms with van der Waals surface area (Å²) < 4.78 is 26.2. The molecule has 1 heterocycles. The van der Waals surface area contributed by atoms with Gasteiger partial charge in [0.2, 0.25) is 0 Å². The van der Waals surface area contributed by atoms with E-state index in [1.54, 1.807) is 6.92 Å². The van der Waals surface area contributed by atoms with Gasteiger partial charge in [0.05, 0.1) is 10.7 Å². The monoisotopic (exact) mass is 252 g/mol. The number of alkyl halides is 2. The molecule has 1 atom stereocenters. The van der Waals surface area contributed by atoms with Gasteiger partial charge in [-0.15, -0.1) is 0 Å². The molecule has 1 aromatic rings. The van der Waals surface area contributed by atoms with Crippen molar-refractivity contribution < 1.29 is 18.7 Å². The van der Waals surface area contributed by atoms with Crippen LogP contribution in [0, 0.1) is 6.92 Å². The molecule has 4 nitrogen and oxygen atoms in total. The number of carboxylic acids is 1. The molecule has 16 heavy (non-hydrogen) atoms. The summed E-state index contributed by atoms with van der Waals surface area (Å²) in [5, 5.41) is 12.5. The molecule has 1 aromatic heterocycles. The molecule has 0 bridgehead atoms. The van der Waals surface area contributed by atoms with Crippen molar-refractivity contribution in [1.82, 2.24) is 9.78 Å². The average molecular weight is 253 g/mol. The first-order chi connectivity index (χ1) is 7.40. The molecule has 0 radical (unpaired) electrons. The van der Waals surface area contributed by atoms with E-state index in [4.69, 9.17) is 16.7 Å². The maximum atomic E-state index is 12.7. The third-order valence-electron chi connectivity index (χ3n) is 2.22. The van der Waals surface area contributed by atoms with E-state index in [0.29, 0.717) is 0 Å². The Morgan fingerprint density at radius 1 is 1.62 bits per heavy atom. The molecule has 0 amide bonds. The van der Waals surface area contributed by atoms with Gasteiger partial charge in [-0.3, -0.25) is 0 Å². The molecule has 1 N–H and O–H groups in total. The van der Waals surface area contributed by atoms with Crippen molar-refractivity contribution in [3.05, 3.63) is 16.4 Å². The second-order valence-electron chi connectivity index (χ2n) is 3.29. The highest BCUT2D eigenvalue weighted by Crippen LogP contribution is 2.32. The Kier molecular flexibility index (Phi) is 3.85. The van der Waals surface area contributed by atoms with E-state index in [2.05, 4.69) is 5.10 Å². The van der Waals surface area contributed by atoms with Crippen LogP contribution in [0.4, 0.5) is 8.78 Å². The number of nitrogens with zero attached hydrogens (tertiary/aromatic N) is 2. The van der Waals surface area contributed by atoms with Crippen molar-refractivity contribution >= 4 is 17.6 Å². The van der Waals surface area contributed by atoms with Crippen molar-refractivity contribution in [3.8, 4) is 0 Å². The molecule has 0 saturated carbocycles. The van der Waals surface area contributed by atoms with Crippen LogP contribution in [0.1, 0.15) is 37.2 Å². The van der Waals surface area contributed by atoms with Crippen LogP contribution in [0.25, 0.3) is 0 Å². The largest absolute Gasteiger partial charge is 0.480 e. The highest BCUT2D eigenvalue weighted by Gasteiger charge is 2.28. The predicted octanol–water partition coefficient (Wildman–Crippen LogP) is 2.82. The van der Waals surface area contributed by atoms with E-state index in [1.165, 1.54) is 6.92 Å². The Bertz CT molecular complexity index is 406. The molecule has 0 aliphatic carbocycles. The van der Waals surface area contributed by atoms with Gasteiger partial charge < -0.3 is 5.11 Å². The molecule has 0 saturated heterocycles. The van der Waals surface area contributed by atoms with Crippen LogP contribution < -0.4 is 0 Å². The van der Waals surface area contributed by atoms with Crippen molar-refractivity contribution in [2.45, 2.75) is 32.7 Å². The third-order valence-corrected chi connectivity index (χ3v) is 2.69. The third kappa shape index (κ3) is 2.16. The maximum Gasteiger partial charge on any atom is 0.328 e. The minimum atomic E-state index is -2.85. The molecule has 0 aromatic carbocycles. The second-order valence-corrected chi connectivity index (χ2v) is 3.67. The van der Waals surface area contributed by atoms with E-state index in [1.807, 2.05) is 0 Å². The molecule has 0 aliphatic rings. The SMILES string of the molecule is CC[C@H](C(=O)O)n1nc(C)c(Cl)c1C(F)F. The minimum absolute atomic E-state index is 0.159. The lowest BCUT2D eigenvalue weighted by Gasteiger charge is -2.13. The molecule has 1 rings (SSSR count). The zero-order chi connectivity index (χ0) is 12.5. The number of halogens is 3. The zero-order valence-corrected chi connectivity index (χ0v) is 9.50. The highest BCUT2D eigenvalue weighted by molar-refractivity contribution is 6.31. The highest BCUT2D eigenvalue weighted by atomic mass is 35.5. The van der Waals surface area contributed by atoms with Gasteiger partial charge in [-0.1, -0.05) is 18.5 Å². The summed E-state index contributed by atoms with van der Waals surface area (Å²) in [6.07, 6.45) is -2.69. The van der Waals surface area contributed by atoms with Crippen LogP contribution in [0.15, 0.2) is 0 Å². The van der Waals surface area contributed by atoms with Crippen LogP contribution in [0.3, 0.4) is 0 Å². The average Bonchev–Trinajstić information content (AvgIpc) is 2.43. The summed E-state index contributed by atoms with van der Waals surface area (Å²) in [7, 11) is 0. The Morgan fingerprint density at radius 3 is 2.56 bits per heavy atom. The van der Waals surface area contributed by atoms with E-state index in [0.717, 1.165) is 4.68 Å². The zero-order valence-electron chi connectivity index (χ0n) is 8.75. The molecule has 0 spiro atoms. The fraction of sp³-hybridized carbons (Fsp3) is 0.556. The summed E-state index contributed by atoms with van der Waals surface area (Å²) >= 11 is 5.66. The first kappa shape index (κ1) is 12.9. The van der Waals surface area contributed by atoms with Gasteiger partial charge in [-0.2, -0.15) is 5.10 Å². The lowest BCUT2D eigenvalue weighted by atomic mass is 10.2. The standard InChI is InChI=1S/C9H11ClF2N2O2/c1-3-5(9(15)16)14-7(8(11)12)6(10)4(2)13-14/h5,8H,3H2,1-2H3,(H,15,16)/t5-/m1/s1. The van der Waals surface area contributed by atoms with Gasteiger partial charge in [0.25, 0.3) is 6.43 Å². The van der Waals surface area contributed by atoms with Gasteiger partial charge in [0.1, 0.15) is 11.7 Å². The van der Waals surface area contributed by atoms with Crippen LogP contribution in [0.2, 0.25) is 5.02 Å². The Hall–Kier alpha value is -1.17. The van der Waals surface area contributed by atoms with Gasteiger partial charge in [-0.25, -0.2) is 18.3 Å². The van der Waals surface area contributed by atoms with Crippen LogP contribution in [-0.2, 0) is 4.79 Å². The van der Waals surface area contributed by atoms with Crippen LogP contribution >= 0.6 is 11.6 Å². The van der Waals surface area contributed by atoms with E-state index >= 15 is 0 Å². The summed E-state index contributed by atoms with van der Waals surface area (Å²) in [5.41, 5.74) is -0.329. The second kappa shape index (κ2) is 4.78. The number of hydrogen-bond acceptors (Lipinski definition) is 2. The Morgan fingerprint density at radius 2 is 2.19 bits per heavy atom. The number of aliphatic carboxylic acids is 1. The quantitative estimate of drug-likeness (QED) is 0.896. The lowest BCUT2D eigenvalue weighted by Crippen LogP contribution is -2.21. The van der Waals surface area contributed by atoms with Gasteiger partial charge >= 0.3 is 5.97 Å². The number of aryl methyl sites for hydroxylation is 1. The fourth-order valence-corrected chi connectivity index (χ4v) is 1.64. The smallest absolute Gasteiger partial charge is 0.328 e. The summed E-state index contributed by atoms with van der Waals surface area (Å²) in [5.74, 6) is -1.21. The van der Waals surface area contributed by atoms with Crippen LogP contribution in [0.5, 0.6) is 0 Å². The topological polar surface area (TPSA) is 55.1 Å². The molecule has 7 heteroatoms. The summed E-state index contributed by atoms with van der Waals surface area (Å²) in [6.45, 7) is 3.04. The van der Waals surface area contributed by atoms with Gasteiger partial charge in [-0.05, 0) is 13.3 Å². The first-order valence-electron chi connectivity index (χ1n) is 4.65. The number of hydrogen-bond donors (Lipinski definition) is 1. The Labute approximate surface area is 95.8 Å².